The Labute approximate surface area is 181 Å². The van der Waals surface area contributed by atoms with Gasteiger partial charge in [0.15, 0.2) is 11.6 Å². The van der Waals surface area contributed by atoms with Crippen molar-refractivity contribution < 1.29 is 0 Å². The van der Waals surface area contributed by atoms with Gasteiger partial charge in [0, 0.05) is 32.3 Å². The van der Waals surface area contributed by atoms with E-state index in [0.717, 1.165) is 61.4 Å². The number of rotatable bonds is 5. The maximum Gasteiger partial charge on any atom is 0.191 e. The number of hydrogen-bond acceptors (Lipinski definition) is 5. The van der Waals surface area contributed by atoms with Gasteiger partial charge in [0.05, 0.1) is 6.04 Å². The average Bonchev–Trinajstić information content (AvgIpc) is 3.25. The predicted octanol–water partition coefficient (Wildman–Crippen LogP) is 1.88. The summed E-state index contributed by atoms with van der Waals surface area (Å²) in [6.45, 7) is 6.37. The van der Waals surface area contributed by atoms with Crippen LogP contribution in [0.1, 0.15) is 43.3 Å². The van der Waals surface area contributed by atoms with Crippen LogP contribution < -0.4 is 10.6 Å². The molecule has 0 aromatic carbocycles. The molecule has 0 saturated heterocycles. The Morgan fingerprint density at radius 3 is 3.07 bits per heavy atom. The van der Waals surface area contributed by atoms with Crippen molar-refractivity contribution >= 4 is 35.6 Å². The first-order chi connectivity index (χ1) is 13.2. The second-order valence-electron chi connectivity index (χ2n) is 6.64. The molecule has 1 aliphatic heterocycles. The number of aliphatic imine (C=N–C) groups is 1. The van der Waals surface area contributed by atoms with Crippen molar-refractivity contribution in [2.75, 3.05) is 13.1 Å². The molecule has 0 amide bonds. The van der Waals surface area contributed by atoms with Gasteiger partial charge in [0.25, 0.3) is 0 Å². The van der Waals surface area contributed by atoms with Crippen LogP contribution in [0.5, 0.6) is 0 Å². The smallest absolute Gasteiger partial charge is 0.191 e. The number of nitrogens with zero attached hydrogens (tertiary/aromatic N) is 7. The van der Waals surface area contributed by atoms with Crippen molar-refractivity contribution in [2.24, 2.45) is 4.99 Å². The minimum atomic E-state index is 0. The minimum absolute atomic E-state index is 0. The number of pyridine rings is 1. The third-order valence-corrected chi connectivity index (χ3v) is 4.63. The second kappa shape index (κ2) is 9.30. The molecule has 0 spiro atoms. The van der Waals surface area contributed by atoms with Crippen molar-refractivity contribution in [1.82, 2.24) is 40.0 Å². The molecule has 4 rings (SSSR count). The van der Waals surface area contributed by atoms with Gasteiger partial charge in [-0.1, -0.05) is 6.07 Å². The summed E-state index contributed by atoms with van der Waals surface area (Å²) in [5, 5.41) is 19.8. The summed E-state index contributed by atoms with van der Waals surface area (Å²) < 4.78 is 4.00. The van der Waals surface area contributed by atoms with E-state index in [1.165, 1.54) is 0 Å². The Kier molecular flexibility index (Phi) is 6.81. The highest BCUT2D eigenvalue weighted by Gasteiger charge is 2.24. The van der Waals surface area contributed by atoms with Crippen molar-refractivity contribution in [3.8, 4) is 0 Å². The average molecular weight is 495 g/mol. The molecule has 28 heavy (non-hydrogen) atoms. The molecule has 4 heterocycles. The Balaban J connectivity index is 0.00000225. The molecule has 9 nitrogen and oxygen atoms in total. The molecule has 10 heteroatoms. The Hall–Kier alpha value is -2.24. The number of nitrogens with one attached hydrogen (secondary N) is 2. The van der Waals surface area contributed by atoms with E-state index in [1.54, 1.807) is 0 Å². The number of aromatic nitrogens is 6. The van der Waals surface area contributed by atoms with Crippen LogP contribution in [0.25, 0.3) is 5.65 Å². The molecule has 0 saturated carbocycles. The molecule has 0 aliphatic carbocycles. The first-order valence-corrected chi connectivity index (χ1v) is 9.49. The number of aryl methyl sites for hydroxylation is 2. The first-order valence-electron chi connectivity index (χ1n) is 9.49. The minimum Gasteiger partial charge on any atom is -0.357 e. The topological polar surface area (TPSA) is 97.3 Å². The standard InChI is InChI=1S/C18H25N9.HI/c1-3-19-18(22-14-7-6-12-27-17(14)21-13(2)25-27)20-10-9-16-24-23-15-8-4-5-11-26(15)16;/h4-5,8,11,14H,3,6-7,9-10,12H2,1-2H3,(H2,19,20,22);1H. The molecular formula is C18H26IN9. The highest BCUT2D eigenvalue weighted by Crippen LogP contribution is 2.22. The zero-order valence-electron chi connectivity index (χ0n) is 16.2. The van der Waals surface area contributed by atoms with Gasteiger partial charge in [0.1, 0.15) is 17.5 Å². The molecule has 1 unspecified atom stereocenters. The Morgan fingerprint density at radius 2 is 2.21 bits per heavy atom. The van der Waals surface area contributed by atoms with Crippen molar-refractivity contribution in [1.29, 1.82) is 0 Å². The Morgan fingerprint density at radius 1 is 1.32 bits per heavy atom. The highest BCUT2D eigenvalue weighted by molar-refractivity contribution is 14.0. The van der Waals surface area contributed by atoms with Crippen LogP contribution in [0, 0.1) is 6.92 Å². The maximum atomic E-state index is 4.72. The fourth-order valence-corrected chi connectivity index (χ4v) is 3.42. The van der Waals surface area contributed by atoms with E-state index in [0.29, 0.717) is 6.54 Å². The predicted molar refractivity (Wildman–Crippen MR) is 118 cm³/mol. The van der Waals surface area contributed by atoms with Gasteiger partial charge in [-0.3, -0.25) is 9.39 Å². The summed E-state index contributed by atoms with van der Waals surface area (Å²) in [5.41, 5.74) is 0.860. The Bertz CT molecular complexity index is 946. The summed E-state index contributed by atoms with van der Waals surface area (Å²) >= 11 is 0. The van der Waals surface area contributed by atoms with Crippen LogP contribution in [-0.2, 0) is 13.0 Å². The van der Waals surface area contributed by atoms with Gasteiger partial charge in [0.2, 0.25) is 0 Å². The van der Waals surface area contributed by atoms with Crippen LogP contribution in [-0.4, -0.2) is 48.4 Å². The summed E-state index contributed by atoms with van der Waals surface area (Å²) in [6, 6.07) is 6.03. The van der Waals surface area contributed by atoms with Gasteiger partial charge in [-0.05, 0) is 38.8 Å². The molecule has 3 aromatic rings. The van der Waals surface area contributed by atoms with E-state index in [9.17, 15) is 0 Å². The fraction of sp³-hybridized carbons (Fsp3) is 0.500. The normalized spacial score (nSPS) is 16.5. The SMILES string of the molecule is CCNC(=NCCc1nnc2ccccn12)NC1CCCn2nc(C)nc21.I. The lowest BCUT2D eigenvalue weighted by Gasteiger charge is -2.25. The van der Waals surface area contributed by atoms with Gasteiger partial charge >= 0.3 is 0 Å². The molecular weight excluding hydrogens is 469 g/mol. The quantitative estimate of drug-likeness (QED) is 0.319. The molecule has 0 bridgehead atoms. The maximum absolute atomic E-state index is 4.72. The molecule has 0 radical (unpaired) electrons. The number of halogens is 1. The van der Waals surface area contributed by atoms with Crippen LogP contribution >= 0.6 is 24.0 Å². The van der Waals surface area contributed by atoms with E-state index in [4.69, 9.17) is 4.99 Å². The summed E-state index contributed by atoms with van der Waals surface area (Å²) in [7, 11) is 0. The molecule has 1 atom stereocenters. The van der Waals surface area contributed by atoms with Crippen molar-refractivity contribution in [2.45, 2.75) is 45.7 Å². The highest BCUT2D eigenvalue weighted by atomic mass is 127. The van der Waals surface area contributed by atoms with E-state index in [-0.39, 0.29) is 30.0 Å². The van der Waals surface area contributed by atoms with Gasteiger partial charge < -0.3 is 10.6 Å². The zero-order valence-corrected chi connectivity index (χ0v) is 18.5. The zero-order chi connectivity index (χ0) is 18.6. The lowest BCUT2D eigenvalue weighted by molar-refractivity contribution is 0.397. The first kappa shape index (κ1) is 20.5. The third-order valence-electron chi connectivity index (χ3n) is 4.63. The monoisotopic (exact) mass is 495 g/mol. The van der Waals surface area contributed by atoms with Crippen LogP contribution in [0.15, 0.2) is 29.4 Å². The van der Waals surface area contributed by atoms with Gasteiger partial charge in [-0.15, -0.1) is 34.2 Å². The summed E-state index contributed by atoms with van der Waals surface area (Å²) in [5.74, 6) is 3.52. The summed E-state index contributed by atoms with van der Waals surface area (Å²) in [6.07, 6.45) is 4.81. The lowest BCUT2D eigenvalue weighted by atomic mass is 10.1. The molecule has 1 aliphatic rings. The van der Waals surface area contributed by atoms with Crippen LogP contribution in [0.4, 0.5) is 0 Å². The molecule has 0 fully saturated rings. The molecule has 3 aromatic heterocycles. The number of fused-ring (bicyclic) bond motifs is 2. The van der Waals surface area contributed by atoms with Crippen LogP contribution in [0.2, 0.25) is 0 Å². The third kappa shape index (κ3) is 4.42. The van der Waals surface area contributed by atoms with Crippen molar-refractivity contribution in [3.05, 3.63) is 41.9 Å². The number of guanidine groups is 1. The van der Waals surface area contributed by atoms with Gasteiger partial charge in [-0.2, -0.15) is 5.10 Å². The van der Waals surface area contributed by atoms with E-state index < -0.39 is 0 Å². The van der Waals surface area contributed by atoms with Crippen LogP contribution in [0.3, 0.4) is 0 Å². The largest absolute Gasteiger partial charge is 0.357 e. The van der Waals surface area contributed by atoms with E-state index in [1.807, 2.05) is 40.4 Å². The van der Waals surface area contributed by atoms with Crippen molar-refractivity contribution in [3.63, 3.8) is 0 Å². The van der Waals surface area contributed by atoms with E-state index in [2.05, 4.69) is 37.8 Å². The van der Waals surface area contributed by atoms with E-state index >= 15 is 0 Å². The number of hydrogen-bond donors (Lipinski definition) is 2. The fourth-order valence-electron chi connectivity index (χ4n) is 3.42. The second-order valence-corrected chi connectivity index (χ2v) is 6.64. The summed E-state index contributed by atoms with van der Waals surface area (Å²) in [4.78, 5) is 9.31. The molecule has 150 valence electrons. The van der Waals surface area contributed by atoms with Gasteiger partial charge in [-0.25, -0.2) is 9.67 Å². The molecule has 2 N–H and O–H groups in total. The lowest BCUT2D eigenvalue weighted by Crippen LogP contribution is -2.41.